The summed E-state index contributed by atoms with van der Waals surface area (Å²) < 4.78 is 27.7. The van der Waals surface area contributed by atoms with Crippen molar-refractivity contribution in [1.29, 1.82) is 0 Å². The Kier molecular flexibility index (Phi) is 9.79. The fourth-order valence-corrected chi connectivity index (χ4v) is 4.56. The first-order valence-corrected chi connectivity index (χ1v) is 11.6. The average Bonchev–Trinajstić information content (AvgIpc) is 2.85. The minimum atomic E-state index is -1.72. The van der Waals surface area contributed by atoms with Gasteiger partial charge >= 0.3 is 0 Å². The van der Waals surface area contributed by atoms with Gasteiger partial charge < -0.3 is 81.7 Å². The third-order valence-electron chi connectivity index (χ3n) is 6.52. The molecule has 3 rings (SSSR count). The van der Waals surface area contributed by atoms with Crippen molar-refractivity contribution < 1.29 is 64.5 Å². The first kappa shape index (κ1) is 29.3. The molecule has 0 aromatic rings. The molecule has 0 amide bonds. The van der Waals surface area contributed by atoms with Crippen LogP contribution in [0.2, 0.25) is 0 Å². The van der Waals surface area contributed by atoms with E-state index in [2.05, 4.69) is 9.24 Å². The molecule has 3 heterocycles. The average molecular weight is 533 g/mol. The second-order valence-electron chi connectivity index (χ2n) is 8.92. The lowest BCUT2D eigenvalue weighted by Gasteiger charge is -2.50. The van der Waals surface area contributed by atoms with E-state index < -0.39 is 111 Å². The number of ether oxygens (including phenoxy) is 5. The zero-order valence-corrected chi connectivity index (χ0v) is 19.8. The van der Waals surface area contributed by atoms with Crippen molar-refractivity contribution in [2.45, 2.75) is 91.2 Å². The lowest BCUT2D eigenvalue weighted by Crippen LogP contribution is -2.70. The van der Waals surface area contributed by atoms with E-state index in [1.807, 2.05) is 0 Å². The van der Waals surface area contributed by atoms with Crippen LogP contribution >= 0.6 is 9.24 Å². The molecule has 0 aliphatic carbocycles. The second kappa shape index (κ2) is 11.7. The van der Waals surface area contributed by atoms with Crippen LogP contribution in [0, 0.1) is 0 Å². The second-order valence-corrected chi connectivity index (χ2v) is 9.90. The summed E-state index contributed by atoms with van der Waals surface area (Å²) in [6.45, 7) is -2.09. The maximum absolute atomic E-state index is 10.9. The zero-order chi connectivity index (χ0) is 26.2. The van der Waals surface area contributed by atoms with Gasteiger partial charge in [0, 0.05) is 0 Å². The largest absolute Gasteiger partial charge is 0.394 e. The highest BCUT2D eigenvalue weighted by molar-refractivity contribution is 7.18. The molecule has 3 fully saturated rings. The summed E-state index contributed by atoms with van der Waals surface area (Å²) in [5, 5.41) is 78.7. The zero-order valence-electron chi connectivity index (χ0n) is 18.6. The Morgan fingerprint density at radius 3 is 1.74 bits per heavy atom. The van der Waals surface area contributed by atoms with Crippen molar-refractivity contribution in [3.8, 4) is 0 Å². The Morgan fingerprint density at radius 2 is 1.20 bits per heavy atom. The summed E-state index contributed by atoms with van der Waals surface area (Å²) >= 11 is 0. The summed E-state index contributed by atoms with van der Waals surface area (Å²) in [7, 11) is 2.07. The summed E-state index contributed by atoms with van der Waals surface area (Å²) in [5.74, 6) is 0. The minimum absolute atomic E-state index is 0.655. The van der Waals surface area contributed by atoms with Gasteiger partial charge in [0.05, 0.1) is 37.9 Å². The summed E-state index contributed by atoms with van der Waals surface area (Å²) in [4.78, 5) is 0. The molecule has 16 nitrogen and oxygen atoms in total. The van der Waals surface area contributed by atoms with Crippen molar-refractivity contribution in [1.82, 2.24) is 0 Å². The van der Waals surface area contributed by atoms with Crippen molar-refractivity contribution >= 4 is 9.24 Å². The maximum atomic E-state index is 10.9. The van der Waals surface area contributed by atoms with Gasteiger partial charge in [-0.2, -0.15) is 0 Å². The van der Waals surface area contributed by atoms with Crippen LogP contribution in [0.3, 0.4) is 0 Å². The van der Waals surface area contributed by atoms with Crippen molar-refractivity contribution in [3.05, 3.63) is 0 Å². The molecule has 0 radical (unpaired) electrons. The van der Waals surface area contributed by atoms with Crippen molar-refractivity contribution in [2.75, 3.05) is 19.8 Å². The Morgan fingerprint density at radius 1 is 0.714 bits per heavy atom. The SMILES string of the molecule is N[C@H]1[C@@H](OC2[C@@H](CO)O[C@@H](OC3[C@@H](CO)O[C@@H](O)[C@H](N)[C@H]3O)[C@H](N)[C@H]2O)O[C@@](P)(CO)[C@@H](O)[C@@H]1O. The Bertz CT molecular complexity index is 698. The lowest BCUT2D eigenvalue weighted by atomic mass is 9.94. The number of rotatable bonds is 7. The van der Waals surface area contributed by atoms with Crippen molar-refractivity contribution in [3.63, 3.8) is 0 Å². The minimum Gasteiger partial charge on any atom is -0.394 e. The molecule has 0 aromatic heterocycles. The van der Waals surface area contributed by atoms with Gasteiger partial charge in [0.2, 0.25) is 0 Å². The van der Waals surface area contributed by atoms with Crippen LogP contribution in [0.15, 0.2) is 0 Å². The monoisotopic (exact) mass is 533 g/mol. The van der Waals surface area contributed by atoms with Crippen LogP contribution < -0.4 is 17.2 Å². The summed E-state index contributed by atoms with van der Waals surface area (Å²) in [6, 6.07) is -3.93. The number of aliphatic hydroxyl groups excluding tert-OH is 8. The lowest BCUT2D eigenvalue weighted by molar-refractivity contribution is -0.351. The summed E-state index contributed by atoms with van der Waals surface area (Å²) in [5.41, 5.74) is 17.7. The van der Waals surface area contributed by atoms with E-state index >= 15 is 0 Å². The molecule has 0 saturated carbocycles. The quantitative estimate of drug-likeness (QED) is 0.135. The van der Waals surface area contributed by atoms with E-state index in [0.29, 0.717) is 0 Å². The van der Waals surface area contributed by atoms with Crippen LogP contribution in [0.5, 0.6) is 0 Å². The molecule has 17 heteroatoms. The Hall–Kier alpha value is -0.210. The van der Waals surface area contributed by atoms with Crippen LogP contribution in [-0.4, -0.2) is 152 Å². The van der Waals surface area contributed by atoms with Crippen LogP contribution in [0.1, 0.15) is 0 Å². The van der Waals surface area contributed by atoms with Gasteiger partial charge in [-0.1, -0.05) is 9.24 Å². The van der Waals surface area contributed by atoms with Gasteiger partial charge in [0.25, 0.3) is 0 Å². The van der Waals surface area contributed by atoms with E-state index in [4.69, 9.17) is 40.9 Å². The number of hydrogen-bond acceptors (Lipinski definition) is 16. The molecule has 3 aliphatic rings. The third kappa shape index (κ3) is 5.64. The van der Waals surface area contributed by atoms with E-state index in [9.17, 15) is 40.9 Å². The van der Waals surface area contributed by atoms with E-state index in [0.717, 1.165) is 0 Å². The van der Waals surface area contributed by atoms with Crippen LogP contribution in [-0.2, 0) is 23.7 Å². The molecule has 0 spiro atoms. The van der Waals surface area contributed by atoms with Gasteiger partial charge in [0.15, 0.2) is 18.9 Å². The molecule has 0 bridgehead atoms. The predicted molar refractivity (Wildman–Crippen MR) is 116 cm³/mol. The molecular weight excluding hydrogens is 497 g/mol. The van der Waals surface area contributed by atoms with Crippen LogP contribution in [0.25, 0.3) is 0 Å². The highest BCUT2D eigenvalue weighted by Crippen LogP contribution is 2.37. The van der Waals surface area contributed by atoms with Gasteiger partial charge in [0.1, 0.15) is 54.2 Å². The third-order valence-corrected chi connectivity index (χ3v) is 7.18. The van der Waals surface area contributed by atoms with Gasteiger partial charge in [-0.15, -0.1) is 0 Å². The number of hydrogen-bond donors (Lipinski definition) is 11. The molecule has 3 saturated heterocycles. The fraction of sp³-hybridized carbons (Fsp3) is 1.00. The Labute approximate surface area is 202 Å². The highest BCUT2D eigenvalue weighted by atomic mass is 31.0. The maximum Gasteiger partial charge on any atom is 0.177 e. The van der Waals surface area contributed by atoms with Gasteiger partial charge in [-0.05, 0) is 0 Å². The van der Waals surface area contributed by atoms with Crippen molar-refractivity contribution in [2.24, 2.45) is 17.2 Å². The molecule has 0 aromatic carbocycles. The molecule has 16 atom stereocenters. The first-order valence-electron chi connectivity index (χ1n) is 11.0. The predicted octanol–water partition coefficient (Wildman–Crippen LogP) is -7.47. The molecule has 3 unspecified atom stereocenters. The number of nitrogens with two attached hydrogens (primary N) is 3. The number of aliphatic hydroxyl groups is 8. The standard InChI is InChI=1S/C18H36N3O13P/c19-6-9(25)12(4(1-22)30-15(6)29)32-16-7(20)10(26)13(5(2-23)31-16)33-17-8(21)11(27)14(28)18(35,3-24)34-17/h4-17,22-29H,1-3,19-21,35H2/t4-,5-,6-,7-,8-,9-,10-,11-,12?,13?,14+,15-,16+,17+,18-/m1/s1. The van der Waals surface area contributed by atoms with E-state index in [1.54, 1.807) is 0 Å². The highest BCUT2D eigenvalue weighted by Gasteiger charge is 2.54. The summed E-state index contributed by atoms with van der Waals surface area (Å²) in [6.07, 6.45) is -15.9. The Balaban J connectivity index is 1.74. The van der Waals surface area contributed by atoms with E-state index in [-0.39, 0.29) is 0 Å². The topological polar surface area (TPSA) is 286 Å². The van der Waals surface area contributed by atoms with Gasteiger partial charge in [-0.25, -0.2) is 0 Å². The molecule has 3 aliphatic heterocycles. The molecule has 206 valence electrons. The molecular formula is C18H36N3O13P. The molecule has 35 heavy (non-hydrogen) atoms. The normalized spacial score (nSPS) is 53.5. The van der Waals surface area contributed by atoms with Crippen LogP contribution in [0.4, 0.5) is 0 Å². The smallest absolute Gasteiger partial charge is 0.177 e. The van der Waals surface area contributed by atoms with E-state index in [1.165, 1.54) is 0 Å². The fourth-order valence-electron chi connectivity index (χ4n) is 4.23. The molecule has 14 N–H and O–H groups in total. The first-order chi connectivity index (χ1) is 16.4. The van der Waals surface area contributed by atoms with Gasteiger partial charge in [-0.3, -0.25) is 0 Å².